The van der Waals surface area contributed by atoms with Crippen LogP contribution in [0, 0.1) is 0 Å². The van der Waals surface area contributed by atoms with Crippen LogP contribution in [0.15, 0.2) is 18.2 Å². The first-order chi connectivity index (χ1) is 6.04. The molecular formula is C8H11O3PS. The summed E-state index contributed by atoms with van der Waals surface area (Å²) >= 11 is 1.13. The Morgan fingerprint density at radius 1 is 1.54 bits per heavy atom. The number of allylic oxidation sites excluding steroid dienone is 1. The summed E-state index contributed by atoms with van der Waals surface area (Å²) in [6, 6.07) is 3.19. The van der Waals surface area contributed by atoms with E-state index in [0.29, 0.717) is 0 Å². The van der Waals surface area contributed by atoms with Gasteiger partial charge >= 0.3 is 7.60 Å². The van der Waals surface area contributed by atoms with Crippen LogP contribution in [0.2, 0.25) is 0 Å². The minimum atomic E-state index is -4.04. The fourth-order valence-corrected chi connectivity index (χ4v) is 2.56. The summed E-state index contributed by atoms with van der Waals surface area (Å²) in [5.41, 5.74) is 0. The standard InChI is InChI=1S/C8H11O3PS/c1-2-3-4-7-5-6-8(13-7)12(9,10)11/h3-6H,2H2,1H3,(H2,9,10,11)/b4-3+. The maximum absolute atomic E-state index is 10.8. The highest BCUT2D eigenvalue weighted by molar-refractivity contribution is 7.67. The Kier molecular flexibility index (Phi) is 3.45. The largest absolute Gasteiger partial charge is 0.366 e. The van der Waals surface area contributed by atoms with Gasteiger partial charge in [0.1, 0.15) is 4.62 Å². The lowest BCUT2D eigenvalue weighted by atomic mass is 10.4. The van der Waals surface area contributed by atoms with E-state index >= 15 is 0 Å². The lowest BCUT2D eigenvalue weighted by Gasteiger charge is -1.96. The summed E-state index contributed by atoms with van der Waals surface area (Å²) < 4.78 is 10.9. The molecule has 0 amide bonds. The molecule has 1 aromatic heterocycles. The van der Waals surface area contributed by atoms with Gasteiger partial charge in [0.25, 0.3) is 0 Å². The van der Waals surface area contributed by atoms with Crippen LogP contribution in [0.1, 0.15) is 18.2 Å². The van der Waals surface area contributed by atoms with Crippen LogP contribution in [-0.2, 0) is 4.57 Å². The fraction of sp³-hybridized carbons (Fsp3) is 0.250. The third kappa shape index (κ3) is 3.08. The zero-order chi connectivity index (χ0) is 9.90. The van der Waals surface area contributed by atoms with Gasteiger partial charge in [-0.25, -0.2) is 0 Å². The molecular weight excluding hydrogens is 207 g/mol. The minimum Gasteiger partial charge on any atom is -0.320 e. The Morgan fingerprint density at radius 3 is 2.69 bits per heavy atom. The average Bonchev–Trinajstić information content (AvgIpc) is 2.47. The Hall–Kier alpha value is -0.410. The number of rotatable bonds is 3. The highest BCUT2D eigenvalue weighted by Gasteiger charge is 2.18. The second-order valence-electron chi connectivity index (χ2n) is 2.53. The maximum atomic E-state index is 10.8. The van der Waals surface area contributed by atoms with Crippen molar-refractivity contribution in [1.82, 2.24) is 0 Å². The van der Waals surface area contributed by atoms with Crippen molar-refractivity contribution in [1.29, 1.82) is 0 Å². The molecule has 1 rings (SSSR count). The molecule has 0 aliphatic rings. The first-order valence-corrected chi connectivity index (χ1v) is 6.29. The molecule has 0 bridgehead atoms. The summed E-state index contributed by atoms with van der Waals surface area (Å²) in [5.74, 6) is 0. The molecule has 0 saturated heterocycles. The van der Waals surface area contributed by atoms with Gasteiger partial charge in [0.05, 0.1) is 0 Å². The summed E-state index contributed by atoms with van der Waals surface area (Å²) in [7, 11) is -4.04. The van der Waals surface area contributed by atoms with E-state index in [1.165, 1.54) is 6.07 Å². The summed E-state index contributed by atoms with van der Waals surface area (Å²) in [4.78, 5) is 18.5. The van der Waals surface area contributed by atoms with Crippen molar-refractivity contribution in [2.24, 2.45) is 0 Å². The highest BCUT2D eigenvalue weighted by atomic mass is 32.1. The average molecular weight is 218 g/mol. The van der Waals surface area contributed by atoms with E-state index in [2.05, 4.69) is 0 Å². The zero-order valence-corrected chi connectivity index (χ0v) is 8.89. The molecule has 0 aliphatic carbocycles. The zero-order valence-electron chi connectivity index (χ0n) is 7.17. The predicted octanol–water partition coefficient (Wildman–Crippen LogP) is 1.97. The SMILES string of the molecule is CC/C=C/c1ccc(P(=O)(O)O)s1. The molecule has 72 valence electrons. The first kappa shape index (κ1) is 10.7. The van der Waals surface area contributed by atoms with Crippen LogP contribution in [-0.4, -0.2) is 9.79 Å². The Labute approximate surface area is 80.9 Å². The molecule has 0 aliphatic heterocycles. The van der Waals surface area contributed by atoms with Crippen LogP contribution in [0.25, 0.3) is 6.08 Å². The summed E-state index contributed by atoms with van der Waals surface area (Å²) in [6.45, 7) is 2.01. The van der Waals surface area contributed by atoms with Gasteiger partial charge in [-0.15, -0.1) is 11.3 Å². The lowest BCUT2D eigenvalue weighted by Crippen LogP contribution is -1.94. The van der Waals surface area contributed by atoms with Gasteiger partial charge in [-0.2, -0.15) is 0 Å². The molecule has 0 radical (unpaired) electrons. The van der Waals surface area contributed by atoms with Gasteiger partial charge in [0.15, 0.2) is 0 Å². The Morgan fingerprint density at radius 2 is 2.23 bits per heavy atom. The third-order valence-electron chi connectivity index (χ3n) is 1.42. The second kappa shape index (κ2) is 4.20. The Bertz CT molecular complexity index is 350. The van der Waals surface area contributed by atoms with E-state index in [-0.39, 0.29) is 4.62 Å². The van der Waals surface area contributed by atoms with Crippen LogP contribution < -0.4 is 4.62 Å². The number of thiophene rings is 1. The topological polar surface area (TPSA) is 57.5 Å². The van der Waals surface area contributed by atoms with Gasteiger partial charge in [-0.3, -0.25) is 4.57 Å². The second-order valence-corrected chi connectivity index (χ2v) is 5.52. The Balaban J connectivity index is 2.87. The van der Waals surface area contributed by atoms with Crippen molar-refractivity contribution in [3.8, 4) is 0 Å². The van der Waals surface area contributed by atoms with Gasteiger partial charge < -0.3 is 9.79 Å². The van der Waals surface area contributed by atoms with Crippen molar-refractivity contribution in [2.45, 2.75) is 13.3 Å². The van der Waals surface area contributed by atoms with E-state index in [1.807, 2.05) is 19.1 Å². The molecule has 13 heavy (non-hydrogen) atoms. The normalized spacial score (nSPS) is 12.5. The van der Waals surface area contributed by atoms with E-state index in [4.69, 9.17) is 9.79 Å². The molecule has 5 heteroatoms. The molecule has 0 spiro atoms. The first-order valence-electron chi connectivity index (χ1n) is 3.86. The molecule has 1 aromatic rings. The van der Waals surface area contributed by atoms with Crippen molar-refractivity contribution in [3.05, 3.63) is 23.1 Å². The fourth-order valence-electron chi connectivity index (χ4n) is 0.822. The molecule has 0 aromatic carbocycles. The van der Waals surface area contributed by atoms with E-state index < -0.39 is 7.60 Å². The quantitative estimate of drug-likeness (QED) is 0.762. The molecule has 0 unspecified atom stereocenters. The van der Waals surface area contributed by atoms with Crippen LogP contribution in [0.4, 0.5) is 0 Å². The highest BCUT2D eigenvalue weighted by Crippen LogP contribution is 2.36. The van der Waals surface area contributed by atoms with Crippen LogP contribution in [0.3, 0.4) is 0 Å². The van der Waals surface area contributed by atoms with Gasteiger partial charge in [0.2, 0.25) is 0 Å². The molecule has 3 nitrogen and oxygen atoms in total. The van der Waals surface area contributed by atoms with Gasteiger partial charge in [-0.1, -0.05) is 13.0 Å². The van der Waals surface area contributed by atoms with Crippen molar-refractivity contribution >= 4 is 29.6 Å². The smallest absolute Gasteiger partial charge is 0.320 e. The van der Waals surface area contributed by atoms with Crippen molar-refractivity contribution in [2.75, 3.05) is 0 Å². The van der Waals surface area contributed by atoms with Gasteiger partial charge in [-0.05, 0) is 24.6 Å². The summed E-state index contributed by atoms with van der Waals surface area (Å²) in [6.07, 6.45) is 4.74. The van der Waals surface area contributed by atoms with E-state index in [0.717, 1.165) is 22.6 Å². The van der Waals surface area contributed by atoms with Crippen molar-refractivity contribution < 1.29 is 14.4 Å². The molecule has 0 fully saturated rings. The van der Waals surface area contributed by atoms with E-state index in [9.17, 15) is 4.57 Å². The molecule has 2 N–H and O–H groups in total. The molecule has 0 saturated carbocycles. The van der Waals surface area contributed by atoms with Crippen molar-refractivity contribution in [3.63, 3.8) is 0 Å². The number of hydrogen-bond acceptors (Lipinski definition) is 2. The maximum Gasteiger partial charge on any atom is 0.366 e. The monoisotopic (exact) mass is 218 g/mol. The van der Waals surface area contributed by atoms with Crippen LogP contribution in [0.5, 0.6) is 0 Å². The van der Waals surface area contributed by atoms with Gasteiger partial charge in [0, 0.05) is 4.88 Å². The molecule has 0 atom stereocenters. The predicted molar refractivity (Wildman–Crippen MR) is 55.3 cm³/mol. The minimum absolute atomic E-state index is 0.128. The number of hydrogen-bond donors (Lipinski definition) is 2. The summed E-state index contributed by atoms with van der Waals surface area (Å²) in [5, 5.41) is 0. The third-order valence-corrected chi connectivity index (χ3v) is 3.98. The molecule has 1 heterocycles. The van der Waals surface area contributed by atoms with Crippen LogP contribution >= 0.6 is 18.9 Å². The lowest BCUT2D eigenvalue weighted by molar-refractivity contribution is 0.388. The van der Waals surface area contributed by atoms with E-state index in [1.54, 1.807) is 6.07 Å².